The summed E-state index contributed by atoms with van der Waals surface area (Å²) in [6.07, 6.45) is 0. The van der Waals surface area contributed by atoms with Gasteiger partial charge in [-0.05, 0) is 31.2 Å². The van der Waals surface area contributed by atoms with Gasteiger partial charge >= 0.3 is 0 Å². The van der Waals surface area contributed by atoms with E-state index < -0.39 is 5.82 Å². The van der Waals surface area contributed by atoms with Crippen LogP contribution in [0.1, 0.15) is 11.1 Å². The maximum atomic E-state index is 13.4. The van der Waals surface area contributed by atoms with E-state index in [1.54, 1.807) is 12.1 Å². The van der Waals surface area contributed by atoms with E-state index in [0.717, 1.165) is 4.90 Å². The fourth-order valence-electron chi connectivity index (χ4n) is 1.37. The van der Waals surface area contributed by atoms with Crippen LogP contribution in [-0.4, -0.2) is 0 Å². The van der Waals surface area contributed by atoms with Crippen molar-refractivity contribution in [2.24, 2.45) is 0 Å². The molecule has 0 spiro atoms. The molecular formula is C14H10FNS2. The molecule has 0 fully saturated rings. The Morgan fingerprint density at radius 1 is 1.06 bits per heavy atom. The molecule has 0 heterocycles. The molecule has 2 aromatic carbocycles. The summed E-state index contributed by atoms with van der Waals surface area (Å²) in [5.41, 5.74) is 1.31. The zero-order chi connectivity index (χ0) is 13.0. The maximum Gasteiger partial charge on any atom is 0.142 e. The summed E-state index contributed by atoms with van der Waals surface area (Å²) in [6.45, 7) is 2.03. The first-order valence-electron chi connectivity index (χ1n) is 5.30. The van der Waals surface area contributed by atoms with Crippen LogP contribution >= 0.6 is 21.6 Å². The van der Waals surface area contributed by atoms with Crippen LogP contribution in [-0.2, 0) is 0 Å². The lowest BCUT2D eigenvalue weighted by Crippen LogP contribution is -1.85. The third kappa shape index (κ3) is 3.06. The molecule has 0 aliphatic heterocycles. The summed E-state index contributed by atoms with van der Waals surface area (Å²) in [7, 11) is 2.92. The molecule has 0 saturated carbocycles. The molecule has 2 rings (SSSR count). The van der Waals surface area contributed by atoms with Gasteiger partial charge in [-0.15, -0.1) is 0 Å². The van der Waals surface area contributed by atoms with Crippen LogP contribution in [0.3, 0.4) is 0 Å². The van der Waals surface area contributed by atoms with E-state index in [4.69, 9.17) is 5.26 Å². The zero-order valence-electron chi connectivity index (χ0n) is 9.68. The summed E-state index contributed by atoms with van der Waals surface area (Å²) in [5.74, 6) is -0.466. The second kappa shape index (κ2) is 5.94. The van der Waals surface area contributed by atoms with E-state index in [1.165, 1.54) is 33.2 Å². The predicted molar refractivity (Wildman–Crippen MR) is 74.0 cm³/mol. The van der Waals surface area contributed by atoms with Crippen molar-refractivity contribution in [3.63, 3.8) is 0 Å². The second-order valence-corrected chi connectivity index (χ2v) is 5.95. The number of benzene rings is 2. The van der Waals surface area contributed by atoms with Gasteiger partial charge in [0.2, 0.25) is 0 Å². The highest BCUT2D eigenvalue weighted by molar-refractivity contribution is 8.76. The first-order chi connectivity index (χ1) is 8.70. The van der Waals surface area contributed by atoms with Gasteiger partial charge in [0.15, 0.2) is 0 Å². The lowest BCUT2D eigenvalue weighted by molar-refractivity contribution is 0.620. The predicted octanol–water partition coefficient (Wildman–Crippen LogP) is 4.81. The highest BCUT2D eigenvalue weighted by Crippen LogP contribution is 2.39. The van der Waals surface area contributed by atoms with Crippen LogP contribution < -0.4 is 0 Å². The standard InChI is InChI=1S/C14H10FNS2/c1-10-5-7-11(8-6-10)17-18-14-4-2-3-13(15)12(14)9-16/h2-8H,1H3. The Kier molecular flexibility index (Phi) is 4.29. The van der Waals surface area contributed by atoms with Crippen molar-refractivity contribution >= 4 is 21.6 Å². The number of rotatable bonds is 3. The van der Waals surface area contributed by atoms with Gasteiger partial charge in [0, 0.05) is 9.79 Å². The molecule has 0 aliphatic rings. The van der Waals surface area contributed by atoms with Crippen molar-refractivity contribution in [1.29, 1.82) is 5.26 Å². The lowest BCUT2D eigenvalue weighted by Gasteiger charge is -2.04. The molecule has 0 unspecified atom stereocenters. The van der Waals surface area contributed by atoms with Crippen molar-refractivity contribution in [3.05, 3.63) is 59.4 Å². The Hall–Kier alpha value is -1.44. The molecule has 18 heavy (non-hydrogen) atoms. The van der Waals surface area contributed by atoms with Gasteiger partial charge in [0.1, 0.15) is 17.4 Å². The van der Waals surface area contributed by atoms with Crippen LogP contribution in [0.5, 0.6) is 0 Å². The molecule has 0 aromatic heterocycles. The topological polar surface area (TPSA) is 23.8 Å². The van der Waals surface area contributed by atoms with Crippen molar-refractivity contribution in [2.45, 2.75) is 16.7 Å². The average Bonchev–Trinajstić information content (AvgIpc) is 2.38. The van der Waals surface area contributed by atoms with Gasteiger partial charge in [-0.2, -0.15) is 5.26 Å². The first-order valence-corrected chi connectivity index (χ1v) is 7.45. The van der Waals surface area contributed by atoms with E-state index in [1.807, 2.05) is 37.3 Å². The minimum Gasteiger partial charge on any atom is -0.206 e. The highest BCUT2D eigenvalue weighted by atomic mass is 33.1. The second-order valence-electron chi connectivity index (χ2n) is 3.70. The fraction of sp³-hybridized carbons (Fsp3) is 0.0714. The molecule has 0 N–H and O–H groups in total. The van der Waals surface area contributed by atoms with Crippen LogP contribution in [0.2, 0.25) is 0 Å². The van der Waals surface area contributed by atoms with Crippen molar-refractivity contribution in [3.8, 4) is 6.07 Å². The van der Waals surface area contributed by atoms with Gasteiger partial charge in [0.25, 0.3) is 0 Å². The van der Waals surface area contributed by atoms with E-state index in [9.17, 15) is 4.39 Å². The normalized spacial score (nSPS) is 10.1. The van der Waals surface area contributed by atoms with Gasteiger partial charge in [-0.3, -0.25) is 0 Å². The minimum absolute atomic E-state index is 0.113. The lowest BCUT2D eigenvalue weighted by atomic mass is 10.2. The van der Waals surface area contributed by atoms with Gasteiger partial charge in [-0.25, -0.2) is 4.39 Å². The van der Waals surface area contributed by atoms with E-state index in [2.05, 4.69) is 0 Å². The number of aryl methyl sites for hydroxylation is 1. The van der Waals surface area contributed by atoms with Crippen LogP contribution in [0.4, 0.5) is 4.39 Å². The van der Waals surface area contributed by atoms with Crippen molar-refractivity contribution < 1.29 is 4.39 Å². The maximum absolute atomic E-state index is 13.4. The molecular weight excluding hydrogens is 265 g/mol. The Balaban J connectivity index is 2.14. The molecule has 0 atom stereocenters. The molecule has 0 saturated heterocycles. The Bertz CT molecular complexity index is 588. The van der Waals surface area contributed by atoms with Gasteiger partial charge in [0.05, 0.1) is 0 Å². The third-order valence-electron chi connectivity index (χ3n) is 2.34. The van der Waals surface area contributed by atoms with Crippen molar-refractivity contribution in [2.75, 3.05) is 0 Å². The monoisotopic (exact) mass is 275 g/mol. The van der Waals surface area contributed by atoms with Gasteiger partial charge < -0.3 is 0 Å². The summed E-state index contributed by atoms with van der Waals surface area (Å²) >= 11 is 0. The zero-order valence-corrected chi connectivity index (χ0v) is 11.3. The molecule has 1 nitrogen and oxygen atoms in total. The third-order valence-corrected chi connectivity index (χ3v) is 4.77. The van der Waals surface area contributed by atoms with Crippen LogP contribution in [0.25, 0.3) is 0 Å². The number of hydrogen-bond donors (Lipinski definition) is 0. The van der Waals surface area contributed by atoms with Crippen LogP contribution in [0, 0.1) is 24.1 Å². The molecule has 2 aromatic rings. The quantitative estimate of drug-likeness (QED) is 0.751. The number of nitrogens with zero attached hydrogens (tertiary/aromatic N) is 1. The molecule has 0 bridgehead atoms. The van der Waals surface area contributed by atoms with Gasteiger partial charge in [-0.1, -0.05) is 45.4 Å². The smallest absolute Gasteiger partial charge is 0.142 e. The van der Waals surface area contributed by atoms with E-state index in [-0.39, 0.29) is 5.56 Å². The first kappa shape index (κ1) is 13.0. The van der Waals surface area contributed by atoms with E-state index in [0.29, 0.717) is 4.90 Å². The summed E-state index contributed by atoms with van der Waals surface area (Å²) < 4.78 is 13.4. The summed E-state index contributed by atoms with van der Waals surface area (Å²) in [4.78, 5) is 1.74. The SMILES string of the molecule is Cc1ccc(SSc2cccc(F)c2C#N)cc1. The minimum atomic E-state index is -0.466. The van der Waals surface area contributed by atoms with Crippen LogP contribution in [0.15, 0.2) is 52.3 Å². The number of nitriles is 1. The summed E-state index contributed by atoms with van der Waals surface area (Å²) in [5, 5.41) is 8.92. The van der Waals surface area contributed by atoms with E-state index >= 15 is 0 Å². The molecule has 90 valence electrons. The molecule has 4 heteroatoms. The largest absolute Gasteiger partial charge is 0.206 e. The Morgan fingerprint density at radius 3 is 2.44 bits per heavy atom. The average molecular weight is 275 g/mol. The molecule has 0 radical (unpaired) electrons. The Morgan fingerprint density at radius 2 is 1.78 bits per heavy atom. The summed E-state index contributed by atoms with van der Waals surface area (Å²) in [6, 6.07) is 14.7. The number of hydrogen-bond acceptors (Lipinski definition) is 3. The fourth-order valence-corrected chi connectivity index (χ4v) is 3.47. The molecule has 0 amide bonds. The number of halogens is 1. The Labute approximate surface area is 113 Å². The molecule has 0 aliphatic carbocycles. The highest BCUT2D eigenvalue weighted by Gasteiger charge is 2.08. The van der Waals surface area contributed by atoms with Crippen molar-refractivity contribution in [1.82, 2.24) is 0 Å².